The molecule has 1 aromatic rings. The maximum absolute atomic E-state index is 14.4. The van der Waals surface area contributed by atoms with Crippen LogP contribution in [-0.2, 0) is 51.8 Å². The molecule has 3 fully saturated rings. The van der Waals surface area contributed by atoms with Gasteiger partial charge in [0.05, 0.1) is 18.3 Å². The number of halogens is 1. The molecular formula is C36H46FN5O10S. The highest BCUT2D eigenvalue weighted by Crippen LogP contribution is 2.45. The summed E-state index contributed by atoms with van der Waals surface area (Å²) in [7, 11) is -3.97. The maximum Gasteiger partial charge on any atom is 0.410 e. The van der Waals surface area contributed by atoms with Gasteiger partial charge in [0, 0.05) is 30.9 Å². The molecule has 4 aliphatic rings. The lowest BCUT2D eigenvalue weighted by molar-refractivity contribution is -0.141. The topological polar surface area (TPSA) is 198 Å². The molecule has 1 aromatic carbocycles. The van der Waals surface area contributed by atoms with Crippen LogP contribution in [0.2, 0.25) is 0 Å². The Morgan fingerprint density at radius 3 is 2.40 bits per heavy atom. The minimum Gasteiger partial charge on any atom is -0.444 e. The zero-order valence-corrected chi connectivity index (χ0v) is 31.2. The molecule has 5 rings (SSSR count). The Labute approximate surface area is 307 Å². The Balaban J connectivity index is 1.40. The number of rotatable bonds is 12. The summed E-state index contributed by atoms with van der Waals surface area (Å²) >= 11 is 0. The number of sulfonamides is 1. The normalized spacial score (nSPS) is 23.9. The third-order valence-corrected chi connectivity index (χ3v) is 11.2. The molecule has 2 aliphatic carbocycles. The number of fused-ring (bicyclic) bond motifs is 1. The van der Waals surface area contributed by atoms with Gasteiger partial charge in [-0.15, -0.1) is 6.58 Å². The minimum atomic E-state index is -3.97. The van der Waals surface area contributed by atoms with E-state index < -0.39 is 98.4 Å². The molecule has 3 N–H and O–H groups in total. The summed E-state index contributed by atoms with van der Waals surface area (Å²) in [5.74, 6) is -4.27. The first-order chi connectivity index (χ1) is 24.7. The first-order valence-corrected chi connectivity index (χ1v) is 19.0. The van der Waals surface area contributed by atoms with Gasteiger partial charge < -0.3 is 25.0 Å². The van der Waals surface area contributed by atoms with Crippen molar-refractivity contribution in [1.82, 2.24) is 25.2 Å². The molecule has 2 saturated carbocycles. The number of alkyl carbamates (subject to hydrolysis) is 1. The van der Waals surface area contributed by atoms with Crippen LogP contribution in [0.4, 0.5) is 14.0 Å². The Morgan fingerprint density at radius 2 is 1.81 bits per heavy atom. The molecule has 53 heavy (non-hydrogen) atoms. The van der Waals surface area contributed by atoms with E-state index in [1.165, 1.54) is 29.2 Å². The molecule has 2 heterocycles. The smallest absolute Gasteiger partial charge is 0.410 e. The van der Waals surface area contributed by atoms with Gasteiger partial charge in [-0.2, -0.15) is 0 Å². The molecule has 5 atom stereocenters. The summed E-state index contributed by atoms with van der Waals surface area (Å²) in [5, 5.41) is 4.37. The summed E-state index contributed by atoms with van der Waals surface area (Å²) in [6.45, 7) is 11.6. The second-order valence-electron chi connectivity index (χ2n) is 15.3. The van der Waals surface area contributed by atoms with Crippen LogP contribution in [-0.4, -0.2) is 95.0 Å². The van der Waals surface area contributed by atoms with E-state index in [-0.39, 0.29) is 32.5 Å². The van der Waals surface area contributed by atoms with E-state index in [1.807, 2.05) is 0 Å². The first kappa shape index (κ1) is 39.4. The standard InChI is InChI=1S/C36H46FN5O10S/c1-7-22-16-36(22,32(46)40-53(49,50)25-11-12-25)39-30(44)29-15-24(51-34(48)41-17-21-9-8-10-27(37)26(21)19-41)18-42(29)31(45)28(14-23(43)13-20(2)3)38-33(47)52-35(4,5)6/h7-10,13,22,24-25,28-29H,1,11-12,14-19H2,2-6H3,(H,38,47)(H,39,44)(H,40,46)/t22?,24-,28+,29+,36?/m1/s1. The fraction of sp³-hybridized carbons (Fsp3) is 0.556. The summed E-state index contributed by atoms with van der Waals surface area (Å²) in [6.07, 6.45) is -0.0962. The van der Waals surface area contributed by atoms with Crippen LogP contribution in [0.15, 0.2) is 42.5 Å². The highest BCUT2D eigenvalue weighted by Gasteiger charge is 2.62. The highest BCUT2D eigenvalue weighted by atomic mass is 32.2. The average Bonchev–Trinajstić information content (AvgIpc) is 3.93. The van der Waals surface area contributed by atoms with E-state index in [2.05, 4.69) is 21.9 Å². The molecular weight excluding hydrogens is 713 g/mol. The summed E-state index contributed by atoms with van der Waals surface area (Å²) in [5.41, 5.74) is -1.04. The molecule has 15 nitrogen and oxygen atoms in total. The number of carbonyl (C=O) groups is 6. The van der Waals surface area contributed by atoms with Crippen LogP contribution >= 0.6 is 0 Å². The van der Waals surface area contributed by atoms with E-state index in [1.54, 1.807) is 40.7 Å². The SMILES string of the molecule is C=CC1CC1(NC(=O)[C@@H]1C[C@@H](OC(=O)N2Cc3cccc(F)c3C2)CN1C(=O)[C@H](CC(=O)C=C(C)C)NC(=O)OC(C)(C)C)C(=O)NS(=O)(=O)C1CC1. The predicted octanol–water partition coefficient (Wildman–Crippen LogP) is 2.74. The number of hydrogen-bond acceptors (Lipinski definition) is 10. The summed E-state index contributed by atoms with van der Waals surface area (Å²) in [4.78, 5) is 83.3. The molecule has 0 radical (unpaired) electrons. The van der Waals surface area contributed by atoms with Crippen LogP contribution in [0.1, 0.15) is 77.8 Å². The second kappa shape index (κ2) is 14.9. The average molecular weight is 760 g/mol. The molecule has 2 unspecified atom stereocenters. The largest absolute Gasteiger partial charge is 0.444 e. The van der Waals surface area contributed by atoms with Crippen molar-refractivity contribution in [3.8, 4) is 0 Å². The van der Waals surface area contributed by atoms with Crippen LogP contribution < -0.4 is 15.4 Å². The molecule has 2 aliphatic heterocycles. The summed E-state index contributed by atoms with van der Waals surface area (Å²) < 4.78 is 52.8. The third kappa shape index (κ3) is 9.23. The van der Waals surface area contributed by atoms with E-state index in [9.17, 15) is 41.6 Å². The molecule has 1 saturated heterocycles. The van der Waals surface area contributed by atoms with Crippen LogP contribution in [0.5, 0.6) is 0 Å². The molecule has 288 valence electrons. The number of ether oxygens (including phenoxy) is 2. The van der Waals surface area contributed by atoms with Crippen molar-refractivity contribution in [2.45, 2.75) is 114 Å². The lowest BCUT2D eigenvalue weighted by Crippen LogP contribution is -2.58. The molecule has 0 bridgehead atoms. The van der Waals surface area contributed by atoms with Gasteiger partial charge in [0.15, 0.2) is 5.78 Å². The zero-order valence-electron chi connectivity index (χ0n) is 30.4. The first-order valence-electron chi connectivity index (χ1n) is 17.4. The van der Waals surface area contributed by atoms with Crippen molar-refractivity contribution in [3.05, 3.63) is 59.4 Å². The van der Waals surface area contributed by atoms with Gasteiger partial charge in [0.2, 0.25) is 21.8 Å². The maximum atomic E-state index is 14.4. The van der Waals surface area contributed by atoms with Gasteiger partial charge in [-0.05, 0) is 71.6 Å². The lowest BCUT2D eigenvalue weighted by Gasteiger charge is -2.30. The molecule has 17 heteroatoms. The highest BCUT2D eigenvalue weighted by molar-refractivity contribution is 7.91. The van der Waals surface area contributed by atoms with Gasteiger partial charge in [0.25, 0.3) is 5.91 Å². The predicted molar refractivity (Wildman–Crippen MR) is 188 cm³/mol. The molecule has 0 spiro atoms. The van der Waals surface area contributed by atoms with E-state index in [0.717, 1.165) is 4.90 Å². The summed E-state index contributed by atoms with van der Waals surface area (Å²) in [6, 6.07) is 1.59. The van der Waals surface area contributed by atoms with Crippen LogP contribution in [0.25, 0.3) is 0 Å². The van der Waals surface area contributed by atoms with Crippen molar-refractivity contribution in [2.75, 3.05) is 6.54 Å². The fourth-order valence-corrected chi connectivity index (χ4v) is 7.92. The quantitative estimate of drug-likeness (QED) is 0.211. The number of ketones is 1. The van der Waals surface area contributed by atoms with Crippen molar-refractivity contribution < 1.29 is 51.0 Å². The molecule has 0 aromatic heterocycles. The number of nitrogens with zero attached hydrogens (tertiary/aromatic N) is 2. The number of likely N-dealkylation sites (tertiary alicyclic amines) is 1. The third-order valence-electron chi connectivity index (χ3n) is 9.39. The fourth-order valence-electron chi connectivity index (χ4n) is 6.55. The Morgan fingerprint density at radius 1 is 1.11 bits per heavy atom. The van der Waals surface area contributed by atoms with Gasteiger partial charge in [-0.25, -0.2) is 22.4 Å². The van der Waals surface area contributed by atoms with Crippen molar-refractivity contribution in [2.24, 2.45) is 5.92 Å². The van der Waals surface area contributed by atoms with Crippen molar-refractivity contribution in [1.29, 1.82) is 0 Å². The number of allylic oxidation sites excluding steroid dienone is 2. The van der Waals surface area contributed by atoms with Crippen molar-refractivity contribution >= 4 is 45.7 Å². The minimum absolute atomic E-state index is 0.0411. The van der Waals surface area contributed by atoms with Crippen LogP contribution in [0, 0.1) is 11.7 Å². The zero-order chi connectivity index (χ0) is 39.0. The second-order valence-corrected chi connectivity index (χ2v) is 17.2. The lowest BCUT2D eigenvalue weighted by atomic mass is 10.1. The Bertz CT molecular complexity index is 1850. The van der Waals surface area contributed by atoms with Gasteiger partial charge in [-0.3, -0.25) is 28.8 Å². The van der Waals surface area contributed by atoms with E-state index >= 15 is 0 Å². The van der Waals surface area contributed by atoms with Crippen LogP contribution in [0.3, 0.4) is 0 Å². The monoisotopic (exact) mass is 759 g/mol. The van der Waals surface area contributed by atoms with Gasteiger partial charge in [0.1, 0.15) is 35.1 Å². The van der Waals surface area contributed by atoms with Crippen molar-refractivity contribution in [3.63, 3.8) is 0 Å². The number of amides is 5. The number of hydrogen-bond donors (Lipinski definition) is 3. The number of benzene rings is 1. The Kier molecular flexibility index (Phi) is 11.1. The van der Waals surface area contributed by atoms with E-state index in [0.29, 0.717) is 29.5 Å². The van der Waals surface area contributed by atoms with E-state index in [4.69, 9.17) is 9.47 Å². The number of nitrogens with one attached hydrogen (secondary N) is 3. The van der Waals surface area contributed by atoms with Gasteiger partial charge >= 0.3 is 12.2 Å². The molecule has 5 amide bonds. The van der Waals surface area contributed by atoms with Gasteiger partial charge in [-0.1, -0.05) is 23.8 Å². The number of carbonyl (C=O) groups excluding carboxylic acids is 6. The Hall–Kier alpha value is -4.80.